The summed E-state index contributed by atoms with van der Waals surface area (Å²) in [4.78, 5) is 20.9. The number of fused-ring (bicyclic) bond motifs is 1. The largest absolute Gasteiger partial charge is 0.356 e. The minimum Gasteiger partial charge on any atom is -0.356 e. The molecule has 7 heteroatoms. The van der Waals surface area contributed by atoms with Gasteiger partial charge in [0.1, 0.15) is 23.0 Å². The quantitative estimate of drug-likeness (QED) is 0.564. The first-order valence-corrected chi connectivity index (χ1v) is 10.6. The highest BCUT2D eigenvalue weighted by molar-refractivity contribution is 6.35. The molecule has 3 aromatic rings. The van der Waals surface area contributed by atoms with E-state index < -0.39 is 0 Å². The third-order valence-corrected chi connectivity index (χ3v) is 5.63. The molecule has 0 amide bonds. The zero-order chi connectivity index (χ0) is 20.5. The number of hydrogen-bond donors (Lipinski definition) is 1. The molecule has 0 bridgehead atoms. The first kappa shape index (κ1) is 19.8. The van der Waals surface area contributed by atoms with Gasteiger partial charge >= 0.3 is 0 Å². The van der Waals surface area contributed by atoms with E-state index in [0.29, 0.717) is 5.02 Å². The normalized spacial score (nSPS) is 13.7. The van der Waals surface area contributed by atoms with Crippen molar-refractivity contribution in [1.82, 2.24) is 19.9 Å². The molecule has 0 radical (unpaired) electrons. The van der Waals surface area contributed by atoms with Crippen LogP contribution in [0.1, 0.15) is 43.1 Å². The molecule has 0 aliphatic heterocycles. The number of rotatable bonds is 7. The number of nitrogens with zero attached hydrogens (tertiary/aromatic N) is 5. The molecule has 6 nitrogen and oxygen atoms in total. The van der Waals surface area contributed by atoms with Crippen LogP contribution in [0.25, 0.3) is 11.0 Å². The molecule has 1 aromatic carbocycles. The number of aryl methyl sites for hydroxylation is 2. The van der Waals surface area contributed by atoms with Crippen LogP contribution in [-0.4, -0.2) is 33.0 Å². The van der Waals surface area contributed by atoms with Gasteiger partial charge in [0.05, 0.1) is 16.2 Å². The van der Waals surface area contributed by atoms with Crippen LogP contribution in [0.5, 0.6) is 0 Å². The van der Waals surface area contributed by atoms with E-state index in [2.05, 4.69) is 39.0 Å². The van der Waals surface area contributed by atoms with E-state index in [4.69, 9.17) is 16.6 Å². The van der Waals surface area contributed by atoms with E-state index in [1.54, 1.807) is 12.4 Å². The summed E-state index contributed by atoms with van der Waals surface area (Å²) in [6.45, 7) is 10.3. The monoisotopic (exact) mass is 410 g/mol. The maximum Gasteiger partial charge on any atom is 0.139 e. The van der Waals surface area contributed by atoms with Crippen LogP contribution in [0.3, 0.4) is 0 Å². The Morgan fingerprint density at radius 1 is 1.10 bits per heavy atom. The van der Waals surface area contributed by atoms with E-state index in [9.17, 15) is 0 Å². The van der Waals surface area contributed by atoms with Gasteiger partial charge in [0.25, 0.3) is 0 Å². The molecule has 29 heavy (non-hydrogen) atoms. The molecule has 0 saturated heterocycles. The molecule has 2 heterocycles. The zero-order valence-electron chi connectivity index (χ0n) is 17.5. The van der Waals surface area contributed by atoms with Gasteiger partial charge in [0, 0.05) is 31.0 Å². The van der Waals surface area contributed by atoms with Gasteiger partial charge in [-0.05, 0) is 57.6 Å². The third kappa shape index (κ3) is 4.13. The molecule has 0 atom stereocenters. The SMILES string of the molecule is CCCN(CC1CC1)c1nc(C)nc(Nc2c(Cl)cc(C)c3nccnc23)c1C. The summed E-state index contributed by atoms with van der Waals surface area (Å²) in [6, 6.07) is 1.92. The lowest BCUT2D eigenvalue weighted by Gasteiger charge is -2.26. The van der Waals surface area contributed by atoms with Gasteiger partial charge < -0.3 is 10.2 Å². The average molecular weight is 411 g/mol. The Morgan fingerprint density at radius 2 is 1.83 bits per heavy atom. The maximum absolute atomic E-state index is 6.60. The summed E-state index contributed by atoms with van der Waals surface area (Å²) < 4.78 is 0. The minimum absolute atomic E-state index is 0.608. The van der Waals surface area contributed by atoms with E-state index >= 15 is 0 Å². The number of nitrogens with one attached hydrogen (secondary N) is 1. The molecule has 1 aliphatic rings. The summed E-state index contributed by atoms with van der Waals surface area (Å²) in [7, 11) is 0. The van der Waals surface area contributed by atoms with Crippen LogP contribution >= 0.6 is 11.6 Å². The predicted molar refractivity (Wildman–Crippen MR) is 119 cm³/mol. The highest BCUT2D eigenvalue weighted by Crippen LogP contribution is 2.36. The summed E-state index contributed by atoms with van der Waals surface area (Å²) in [5.41, 5.74) is 4.34. The number of benzene rings is 1. The lowest BCUT2D eigenvalue weighted by atomic mass is 10.1. The first-order valence-electron chi connectivity index (χ1n) is 10.2. The minimum atomic E-state index is 0.608. The fourth-order valence-corrected chi connectivity index (χ4v) is 4.00. The van der Waals surface area contributed by atoms with Crippen molar-refractivity contribution in [3.8, 4) is 0 Å². The molecule has 1 saturated carbocycles. The Morgan fingerprint density at radius 3 is 2.52 bits per heavy atom. The molecular weight excluding hydrogens is 384 g/mol. The smallest absolute Gasteiger partial charge is 0.139 e. The maximum atomic E-state index is 6.60. The van der Waals surface area contributed by atoms with Crippen LogP contribution in [0.15, 0.2) is 18.5 Å². The lowest BCUT2D eigenvalue weighted by molar-refractivity contribution is 0.694. The van der Waals surface area contributed by atoms with Crippen molar-refractivity contribution in [3.63, 3.8) is 0 Å². The van der Waals surface area contributed by atoms with Crippen LogP contribution < -0.4 is 10.2 Å². The Labute approximate surface area is 176 Å². The van der Waals surface area contributed by atoms with E-state index in [-0.39, 0.29) is 0 Å². The predicted octanol–water partition coefficient (Wildman–Crippen LogP) is 5.37. The standard InChI is InChI=1S/C22H27ClN6/c1-5-10-29(12-16-6-7-16)22-14(3)21(26-15(4)27-22)28-19-17(23)11-13(2)18-20(19)25-9-8-24-18/h8-9,11,16H,5-7,10,12H2,1-4H3,(H,26,27,28). The van der Waals surface area contributed by atoms with E-state index in [1.165, 1.54) is 12.8 Å². The van der Waals surface area contributed by atoms with Crippen molar-refractivity contribution in [2.24, 2.45) is 5.92 Å². The van der Waals surface area contributed by atoms with Gasteiger partial charge in [-0.1, -0.05) is 18.5 Å². The zero-order valence-corrected chi connectivity index (χ0v) is 18.2. The van der Waals surface area contributed by atoms with Gasteiger partial charge in [-0.2, -0.15) is 0 Å². The van der Waals surface area contributed by atoms with E-state index in [0.717, 1.165) is 70.7 Å². The van der Waals surface area contributed by atoms with Crippen LogP contribution in [0, 0.1) is 26.7 Å². The van der Waals surface area contributed by atoms with Gasteiger partial charge in [-0.25, -0.2) is 9.97 Å². The Bertz CT molecular complexity index is 1050. The number of aromatic nitrogens is 4. The second-order valence-corrected chi connectivity index (χ2v) is 8.29. The van der Waals surface area contributed by atoms with Gasteiger partial charge in [-0.3, -0.25) is 9.97 Å². The molecule has 0 unspecified atom stereocenters. The first-order chi connectivity index (χ1) is 14.0. The van der Waals surface area contributed by atoms with Gasteiger partial charge in [0.2, 0.25) is 0 Å². The van der Waals surface area contributed by atoms with Crippen LogP contribution in [0.2, 0.25) is 5.02 Å². The fraction of sp³-hybridized carbons (Fsp3) is 0.455. The summed E-state index contributed by atoms with van der Waals surface area (Å²) in [5, 5.41) is 4.05. The summed E-state index contributed by atoms with van der Waals surface area (Å²) in [6.07, 6.45) is 7.11. The highest BCUT2D eigenvalue weighted by atomic mass is 35.5. The second kappa shape index (κ2) is 8.11. The summed E-state index contributed by atoms with van der Waals surface area (Å²) >= 11 is 6.60. The van der Waals surface area contributed by atoms with Crippen LogP contribution in [-0.2, 0) is 0 Å². The van der Waals surface area contributed by atoms with Gasteiger partial charge in [0.15, 0.2) is 0 Å². The molecule has 152 valence electrons. The van der Waals surface area contributed by atoms with Crippen molar-refractivity contribution in [2.75, 3.05) is 23.3 Å². The molecule has 4 rings (SSSR count). The van der Waals surface area contributed by atoms with Crippen LogP contribution in [0.4, 0.5) is 17.3 Å². The highest BCUT2D eigenvalue weighted by Gasteiger charge is 2.26. The number of halogens is 1. The Balaban J connectivity index is 1.77. The Kier molecular flexibility index (Phi) is 5.54. The van der Waals surface area contributed by atoms with E-state index in [1.807, 2.05) is 19.9 Å². The molecule has 0 spiro atoms. The molecule has 1 aliphatic carbocycles. The average Bonchev–Trinajstić information content (AvgIpc) is 3.51. The van der Waals surface area contributed by atoms with Crippen molar-refractivity contribution in [1.29, 1.82) is 0 Å². The van der Waals surface area contributed by atoms with Crippen molar-refractivity contribution in [3.05, 3.63) is 40.4 Å². The van der Waals surface area contributed by atoms with Gasteiger partial charge in [-0.15, -0.1) is 0 Å². The second-order valence-electron chi connectivity index (χ2n) is 7.89. The Hall–Kier alpha value is -2.47. The third-order valence-electron chi connectivity index (χ3n) is 5.33. The number of hydrogen-bond acceptors (Lipinski definition) is 6. The fourth-order valence-electron chi connectivity index (χ4n) is 3.70. The van der Waals surface area contributed by atoms with Crippen molar-refractivity contribution < 1.29 is 0 Å². The topological polar surface area (TPSA) is 66.8 Å². The summed E-state index contributed by atoms with van der Waals surface area (Å²) in [5.74, 6) is 3.30. The number of anilines is 3. The lowest BCUT2D eigenvalue weighted by Crippen LogP contribution is -2.29. The molecule has 1 N–H and O–H groups in total. The molecular formula is C22H27ClN6. The van der Waals surface area contributed by atoms with Crippen molar-refractivity contribution >= 4 is 40.0 Å². The van der Waals surface area contributed by atoms with Crippen molar-refractivity contribution in [2.45, 2.75) is 47.0 Å². The molecule has 2 aromatic heterocycles. The molecule has 1 fully saturated rings.